The topological polar surface area (TPSA) is 0 Å². The normalized spacial score (nSPS) is 14.1. The van der Waals surface area contributed by atoms with E-state index in [-0.39, 0.29) is 0 Å². The maximum atomic E-state index is 2.38. The summed E-state index contributed by atoms with van der Waals surface area (Å²) in [6, 6.07) is 23.2. The van der Waals surface area contributed by atoms with Crippen LogP contribution in [0.1, 0.15) is 33.4 Å². The van der Waals surface area contributed by atoms with E-state index in [0.717, 1.165) is 0 Å². The molecule has 1 aliphatic rings. The largest absolute Gasteiger partial charge is 0.190 e. The van der Waals surface area contributed by atoms with Crippen LogP contribution in [-0.2, 0) is 0 Å². The summed E-state index contributed by atoms with van der Waals surface area (Å²) in [6.07, 6.45) is -1.11. The SMILES string of the molecule is Cc1cc(C)c([B-]2(c3c(C)cc(C)cc3C)c3cccc4cccc2c34)c(C)c1. The summed E-state index contributed by atoms with van der Waals surface area (Å²) in [4.78, 5) is 0. The van der Waals surface area contributed by atoms with Gasteiger partial charge >= 0.3 is 0 Å². The van der Waals surface area contributed by atoms with Gasteiger partial charge in [-0.3, -0.25) is 0 Å². The molecule has 0 unspecified atom stereocenters. The van der Waals surface area contributed by atoms with Crippen molar-refractivity contribution in [1.29, 1.82) is 0 Å². The van der Waals surface area contributed by atoms with Gasteiger partial charge in [0.2, 0.25) is 0 Å². The highest BCUT2D eigenvalue weighted by atomic mass is 14.3. The van der Waals surface area contributed by atoms with E-state index < -0.39 is 6.15 Å². The van der Waals surface area contributed by atoms with Gasteiger partial charge in [0.25, 0.3) is 0 Å². The molecule has 0 amide bonds. The molecule has 0 saturated carbocycles. The fourth-order valence-electron chi connectivity index (χ4n) is 6.73. The average molecular weight is 375 g/mol. The van der Waals surface area contributed by atoms with E-state index >= 15 is 0 Å². The lowest BCUT2D eigenvalue weighted by atomic mass is 9.06. The van der Waals surface area contributed by atoms with Crippen LogP contribution in [0.25, 0.3) is 10.8 Å². The minimum atomic E-state index is -1.11. The molecular formula is C28H28B-. The van der Waals surface area contributed by atoms with Crippen LogP contribution in [0.4, 0.5) is 0 Å². The molecule has 29 heavy (non-hydrogen) atoms. The second kappa shape index (κ2) is 6.10. The zero-order chi connectivity index (χ0) is 20.5. The quantitative estimate of drug-likeness (QED) is 0.402. The maximum absolute atomic E-state index is 2.38. The molecule has 0 nitrogen and oxygen atoms in total. The van der Waals surface area contributed by atoms with E-state index in [1.54, 1.807) is 0 Å². The Morgan fingerprint density at radius 3 is 1.28 bits per heavy atom. The maximum Gasteiger partial charge on any atom is 0.110 e. The van der Waals surface area contributed by atoms with Gasteiger partial charge in [-0.25, -0.2) is 0 Å². The van der Waals surface area contributed by atoms with Crippen LogP contribution in [0.3, 0.4) is 0 Å². The molecule has 0 saturated heterocycles. The van der Waals surface area contributed by atoms with Crippen molar-refractivity contribution >= 4 is 38.8 Å². The molecule has 0 fully saturated rings. The van der Waals surface area contributed by atoms with Gasteiger partial charge in [0.1, 0.15) is 6.15 Å². The van der Waals surface area contributed by atoms with Crippen LogP contribution in [-0.4, -0.2) is 6.15 Å². The number of hydrogen-bond donors (Lipinski definition) is 0. The predicted molar refractivity (Wildman–Crippen MR) is 130 cm³/mol. The molecule has 1 heterocycles. The molecule has 0 radical (unpaired) electrons. The van der Waals surface area contributed by atoms with Gasteiger partial charge in [0.15, 0.2) is 0 Å². The molecule has 144 valence electrons. The fraction of sp³-hybridized carbons (Fsp3) is 0.214. The Kier molecular flexibility index (Phi) is 3.84. The molecule has 0 aromatic heterocycles. The molecule has 5 rings (SSSR count). The van der Waals surface area contributed by atoms with Crippen molar-refractivity contribution in [2.45, 2.75) is 41.5 Å². The summed E-state index contributed by atoms with van der Waals surface area (Å²) < 4.78 is 0. The van der Waals surface area contributed by atoms with Crippen molar-refractivity contribution in [1.82, 2.24) is 0 Å². The van der Waals surface area contributed by atoms with Gasteiger partial charge in [0.05, 0.1) is 0 Å². The Labute approximate surface area is 174 Å². The summed E-state index contributed by atoms with van der Waals surface area (Å²) in [7, 11) is 0. The highest BCUT2D eigenvalue weighted by Gasteiger charge is 2.43. The second-order valence-electron chi connectivity index (χ2n) is 9.28. The third kappa shape index (κ3) is 2.28. The summed E-state index contributed by atoms with van der Waals surface area (Å²) in [6.45, 7) is 13.6. The summed E-state index contributed by atoms with van der Waals surface area (Å²) >= 11 is 0. The van der Waals surface area contributed by atoms with Gasteiger partial charge in [0, 0.05) is 0 Å². The van der Waals surface area contributed by atoms with E-state index in [0.29, 0.717) is 0 Å². The Bertz CT molecular complexity index is 1170. The molecule has 4 aromatic carbocycles. The number of hydrogen-bond acceptors (Lipinski definition) is 0. The zero-order valence-corrected chi connectivity index (χ0v) is 18.4. The van der Waals surface area contributed by atoms with Gasteiger partial charge in [-0.05, 0) is 46.9 Å². The zero-order valence-electron chi connectivity index (χ0n) is 18.4. The standard InChI is InChI=1S/C28H28B/c1-17-13-19(3)27(20(4)14-17)29(28-21(5)15-18(2)16-22(28)6)24-11-7-9-23-10-8-12-25(29)26(23)24/h7-16H,1-6H3/q-1. The second-order valence-corrected chi connectivity index (χ2v) is 9.28. The number of aryl methyl sites for hydroxylation is 6. The Morgan fingerprint density at radius 1 is 0.517 bits per heavy atom. The Balaban J connectivity index is 2.00. The lowest BCUT2D eigenvalue weighted by Gasteiger charge is -2.56. The first kappa shape index (κ1) is 18.2. The minimum absolute atomic E-state index is 1.11. The van der Waals surface area contributed by atoms with Crippen LogP contribution in [0.15, 0.2) is 60.7 Å². The molecule has 4 aromatic rings. The first-order valence-electron chi connectivity index (χ1n) is 10.7. The molecule has 0 aliphatic carbocycles. The van der Waals surface area contributed by atoms with Gasteiger partial charge < -0.3 is 0 Å². The van der Waals surface area contributed by atoms with Crippen LogP contribution in [0.2, 0.25) is 0 Å². The third-order valence-corrected chi connectivity index (χ3v) is 7.24. The van der Waals surface area contributed by atoms with Crippen molar-refractivity contribution in [3.8, 4) is 0 Å². The summed E-state index contributed by atoms with van der Waals surface area (Å²) in [5, 5.41) is 2.83. The van der Waals surface area contributed by atoms with E-state index in [4.69, 9.17) is 0 Å². The molecule has 1 heteroatoms. The lowest BCUT2D eigenvalue weighted by Crippen LogP contribution is -2.82. The molecule has 0 spiro atoms. The number of rotatable bonds is 2. The van der Waals surface area contributed by atoms with Gasteiger partial charge in [-0.15, -0.1) is 0 Å². The Morgan fingerprint density at radius 2 is 0.897 bits per heavy atom. The van der Waals surface area contributed by atoms with Crippen LogP contribution in [0, 0.1) is 41.5 Å². The van der Waals surface area contributed by atoms with E-state index in [1.165, 1.54) is 66.0 Å². The van der Waals surface area contributed by atoms with E-state index in [2.05, 4.69) is 102 Å². The lowest BCUT2D eigenvalue weighted by molar-refractivity contribution is 1.33. The predicted octanol–water partition coefficient (Wildman–Crippen LogP) is 4.38. The number of benzene rings is 4. The van der Waals surface area contributed by atoms with E-state index in [9.17, 15) is 0 Å². The van der Waals surface area contributed by atoms with Crippen molar-refractivity contribution in [3.63, 3.8) is 0 Å². The molecule has 1 aliphatic heterocycles. The molecule has 0 atom stereocenters. The van der Waals surface area contributed by atoms with Crippen molar-refractivity contribution < 1.29 is 0 Å². The van der Waals surface area contributed by atoms with Gasteiger partial charge in [-0.1, -0.05) is 99.4 Å². The highest BCUT2D eigenvalue weighted by Crippen LogP contribution is 2.29. The smallest absolute Gasteiger partial charge is 0.110 e. The first-order valence-corrected chi connectivity index (χ1v) is 10.7. The summed E-state index contributed by atoms with van der Waals surface area (Å²) in [5.74, 6) is 0. The molecule has 0 N–H and O–H groups in total. The van der Waals surface area contributed by atoms with Crippen LogP contribution in [0.5, 0.6) is 0 Å². The van der Waals surface area contributed by atoms with Crippen molar-refractivity contribution in [2.24, 2.45) is 0 Å². The molecular weight excluding hydrogens is 347 g/mol. The van der Waals surface area contributed by atoms with E-state index in [1.807, 2.05) is 0 Å². The van der Waals surface area contributed by atoms with Crippen molar-refractivity contribution in [3.05, 3.63) is 94.0 Å². The first-order chi connectivity index (χ1) is 13.9. The minimum Gasteiger partial charge on any atom is -0.190 e. The molecule has 0 bridgehead atoms. The van der Waals surface area contributed by atoms with Gasteiger partial charge in [-0.2, -0.15) is 21.9 Å². The third-order valence-electron chi connectivity index (χ3n) is 7.24. The monoisotopic (exact) mass is 375 g/mol. The van der Waals surface area contributed by atoms with Crippen LogP contribution >= 0.6 is 0 Å². The Hall–Kier alpha value is -2.80. The highest BCUT2D eigenvalue weighted by molar-refractivity contribution is 7.26. The summed E-state index contributed by atoms with van der Waals surface area (Å²) in [5.41, 5.74) is 14.4. The van der Waals surface area contributed by atoms with Crippen LogP contribution < -0.4 is 21.9 Å². The van der Waals surface area contributed by atoms with Crippen molar-refractivity contribution in [2.75, 3.05) is 0 Å². The fourth-order valence-corrected chi connectivity index (χ4v) is 6.73. The average Bonchev–Trinajstić information content (AvgIpc) is 2.64.